The number of anilines is 1. The molecule has 1 saturated heterocycles. The largest absolute Gasteiger partial charge is 0.325 e. The third kappa shape index (κ3) is 4.74. The summed E-state index contributed by atoms with van der Waals surface area (Å²) in [7, 11) is -3.48. The molecule has 0 atom stereocenters. The molecule has 1 aliphatic heterocycles. The van der Waals surface area contributed by atoms with E-state index in [2.05, 4.69) is 5.32 Å². The lowest BCUT2D eigenvalue weighted by atomic mass is 9.92. The lowest BCUT2D eigenvalue weighted by Crippen LogP contribution is -3.15. The third-order valence-electron chi connectivity index (χ3n) is 6.10. The number of amides is 1. The first-order valence-electron chi connectivity index (χ1n) is 10.7. The maximum atomic E-state index is 13.1. The van der Waals surface area contributed by atoms with E-state index >= 15 is 0 Å². The van der Waals surface area contributed by atoms with Crippen LogP contribution in [-0.2, 0) is 27.7 Å². The Morgan fingerprint density at radius 1 is 1.03 bits per heavy atom. The van der Waals surface area contributed by atoms with Crippen molar-refractivity contribution in [3.63, 3.8) is 0 Å². The van der Waals surface area contributed by atoms with Gasteiger partial charge in [-0.05, 0) is 73.6 Å². The number of carbonyl (C=O) groups excluding carboxylic acids is 1. The SMILES string of the molecule is Cc1cccc(NC(=O)C[NH+]2CCN(S(=O)(=O)c3ccc4c(c3)CCCC4)CC2)c1. The van der Waals surface area contributed by atoms with Crippen LogP contribution in [0.5, 0.6) is 0 Å². The Hall–Kier alpha value is -2.22. The lowest BCUT2D eigenvalue weighted by molar-refractivity contribution is -0.895. The summed E-state index contributed by atoms with van der Waals surface area (Å²) in [6.07, 6.45) is 4.32. The Bertz CT molecular complexity index is 1030. The Balaban J connectivity index is 1.34. The van der Waals surface area contributed by atoms with Crippen LogP contribution in [0.3, 0.4) is 0 Å². The number of nitrogens with one attached hydrogen (secondary N) is 2. The van der Waals surface area contributed by atoms with Gasteiger partial charge in [0.1, 0.15) is 0 Å². The smallest absolute Gasteiger partial charge is 0.279 e. The van der Waals surface area contributed by atoms with E-state index in [1.807, 2.05) is 43.3 Å². The van der Waals surface area contributed by atoms with Gasteiger partial charge in [0.15, 0.2) is 6.54 Å². The van der Waals surface area contributed by atoms with Crippen LogP contribution >= 0.6 is 0 Å². The van der Waals surface area contributed by atoms with E-state index < -0.39 is 10.0 Å². The van der Waals surface area contributed by atoms with Gasteiger partial charge >= 0.3 is 0 Å². The number of aryl methyl sites for hydroxylation is 3. The van der Waals surface area contributed by atoms with Crippen LogP contribution in [0.25, 0.3) is 0 Å². The number of carbonyl (C=O) groups is 1. The zero-order valence-electron chi connectivity index (χ0n) is 17.5. The van der Waals surface area contributed by atoms with Crippen LogP contribution in [-0.4, -0.2) is 51.4 Å². The van der Waals surface area contributed by atoms with Crippen molar-refractivity contribution in [3.8, 4) is 0 Å². The molecule has 160 valence electrons. The van der Waals surface area contributed by atoms with Crippen molar-refractivity contribution in [2.24, 2.45) is 0 Å². The van der Waals surface area contributed by atoms with E-state index in [0.717, 1.165) is 35.4 Å². The molecule has 4 rings (SSSR count). The zero-order chi connectivity index (χ0) is 21.1. The van der Waals surface area contributed by atoms with Gasteiger partial charge in [0.05, 0.1) is 31.1 Å². The normalized spacial score (nSPS) is 18.0. The first kappa shape index (κ1) is 21.0. The first-order valence-corrected chi connectivity index (χ1v) is 12.2. The third-order valence-corrected chi connectivity index (χ3v) is 7.99. The molecule has 2 aliphatic rings. The maximum absolute atomic E-state index is 13.1. The number of rotatable bonds is 5. The van der Waals surface area contributed by atoms with Crippen molar-refractivity contribution in [1.82, 2.24) is 4.31 Å². The lowest BCUT2D eigenvalue weighted by Gasteiger charge is -2.31. The van der Waals surface area contributed by atoms with Crippen molar-refractivity contribution in [1.29, 1.82) is 0 Å². The summed E-state index contributed by atoms with van der Waals surface area (Å²) in [5.41, 5.74) is 4.36. The molecule has 0 bridgehead atoms. The molecule has 2 N–H and O–H groups in total. The molecule has 1 heterocycles. The van der Waals surface area contributed by atoms with Crippen molar-refractivity contribution < 1.29 is 18.1 Å². The van der Waals surface area contributed by atoms with Crippen LogP contribution in [0.2, 0.25) is 0 Å². The average Bonchev–Trinajstić information content (AvgIpc) is 2.73. The Labute approximate surface area is 178 Å². The highest BCUT2D eigenvalue weighted by molar-refractivity contribution is 7.89. The summed E-state index contributed by atoms with van der Waals surface area (Å²) >= 11 is 0. The molecule has 6 nitrogen and oxygen atoms in total. The van der Waals surface area contributed by atoms with Crippen LogP contribution in [0.4, 0.5) is 5.69 Å². The second kappa shape index (κ2) is 8.88. The minimum Gasteiger partial charge on any atom is -0.325 e. The van der Waals surface area contributed by atoms with Gasteiger partial charge < -0.3 is 10.2 Å². The number of quaternary nitrogens is 1. The van der Waals surface area contributed by atoms with Crippen molar-refractivity contribution in [2.75, 3.05) is 38.0 Å². The van der Waals surface area contributed by atoms with Crippen molar-refractivity contribution in [2.45, 2.75) is 37.5 Å². The molecule has 1 aliphatic carbocycles. The molecule has 2 aromatic carbocycles. The second-order valence-corrected chi connectivity index (χ2v) is 10.3. The fourth-order valence-electron chi connectivity index (χ4n) is 4.39. The summed E-state index contributed by atoms with van der Waals surface area (Å²) in [6.45, 7) is 4.47. The zero-order valence-corrected chi connectivity index (χ0v) is 18.3. The molecule has 0 radical (unpaired) electrons. The van der Waals surface area contributed by atoms with Gasteiger partial charge in [0.2, 0.25) is 10.0 Å². The molecular formula is C23H30N3O3S+. The van der Waals surface area contributed by atoms with Gasteiger partial charge in [-0.15, -0.1) is 0 Å². The monoisotopic (exact) mass is 428 g/mol. The van der Waals surface area contributed by atoms with Gasteiger partial charge in [-0.3, -0.25) is 4.79 Å². The molecule has 0 unspecified atom stereocenters. The fourth-order valence-corrected chi connectivity index (χ4v) is 5.89. The van der Waals surface area contributed by atoms with E-state index in [9.17, 15) is 13.2 Å². The molecule has 7 heteroatoms. The van der Waals surface area contributed by atoms with Crippen LogP contribution in [0.15, 0.2) is 47.4 Å². The van der Waals surface area contributed by atoms with Gasteiger partial charge in [0.25, 0.3) is 5.91 Å². The first-order chi connectivity index (χ1) is 14.4. The summed E-state index contributed by atoms with van der Waals surface area (Å²) < 4.78 is 27.8. The highest BCUT2D eigenvalue weighted by Gasteiger charge is 2.31. The molecule has 0 saturated carbocycles. The van der Waals surface area contributed by atoms with Crippen LogP contribution < -0.4 is 10.2 Å². The number of benzene rings is 2. The second-order valence-electron chi connectivity index (χ2n) is 8.39. The molecule has 30 heavy (non-hydrogen) atoms. The number of sulfonamides is 1. The average molecular weight is 429 g/mol. The van der Waals surface area contributed by atoms with Crippen molar-refractivity contribution >= 4 is 21.6 Å². The van der Waals surface area contributed by atoms with Gasteiger partial charge in [-0.1, -0.05) is 18.2 Å². The summed E-state index contributed by atoms with van der Waals surface area (Å²) in [5, 5.41) is 2.93. The van der Waals surface area contributed by atoms with E-state index in [0.29, 0.717) is 37.6 Å². The maximum Gasteiger partial charge on any atom is 0.279 e. The topological polar surface area (TPSA) is 70.9 Å². The molecular weight excluding hydrogens is 398 g/mol. The summed E-state index contributed by atoms with van der Waals surface area (Å²) in [4.78, 5) is 13.9. The Kier molecular flexibility index (Phi) is 6.22. The number of piperazine rings is 1. The summed E-state index contributed by atoms with van der Waals surface area (Å²) in [5.74, 6) is -0.0402. The highest BCUT2D eigenvalue weighted by Crippen LogP contribution is 2.25. The predicted octanol–water partition coefficient (Wildman–Crippen LogP) is 1.40. The molecule has 2 aromatic rings. The van der Waals surface area contributed by atoms with Crippen molar-refractivity contribution in [3.05, 3.63) is 59.2 Å². The Morgan fingerprint density at radius 3 is 2.50 bits per heavy atom. The van der Waals surface area contributed by atoms with Gasteiger partial charge in [-0.25, -0.2) is 8.42 Å². The number of nitrogens with zero attached hydrogens (tertiary/aromatic N) is 1. The summed E-state index contributed by atoms with van der Waals surface area (Å²) in [6, 6.07) is 13.3. The van der Waals surface area contributed by atoms with E-state index in [-0.39, 0.29) is 5.91 Å². The Morgan fingerprint density at radius 2 is 1.77 bits per heavy atom. The standard InChI is InChI=1S/C23H29N3O3S/c1-18-5-4-8-21(15-18)24-23(27)17-25-11-13-26(14-12-25)30(28,29)22-10-9-19-6-2-3-7-20(19)16-22/h4-5,8-10,15-16H,2-3,6-7,11-14,17H2,1H3,(H,24,27)/p+1. The number of fused-ring (bicyclic) bond motifs is 1. The fraction of sp³-hybridized carbons (Fsp3) is 0.435. The van der Waals surface area contributed by atoms with Gasteiger partial charge in [-0.2, -0.15) is 4.31 Å². The van der Waals surface area contributed by atoms with E-state index in [4.69, 9.17) is 0 Å². The molecule has 0 aromatic heterocycles. The van der Waals surface area contributed by atoms with Crippen LogP contribution in [0.1, 0.15) is 29.5 Å². The number of hydrogen-bond donors (Lipinski definition) is 2. The van der Waals surface area contributed by atoms with Gasteiger partial charge in [0, 0.05) is 5.69 Å². The molecule has 0 spiro atoms. The minimum absolute atomic E-state index is 0.0402. The molecule has 1 amide bonds. The van der Waals surface area contributed by atoms with E-state index in [1.54, 1.807) is 10.4 Å². The minimum atomic E-state index is -3.48. The van der Waals surface area contributed by atoms with E-state index in [1.165, 1.54) is 17.5 Å². The number of hydrogen-bond acceptors (Lipinski definition) is 3. The quantitative estimate of drug-likeness (QED) is 0.756. The molecule has 1 fully saturated rings. The predicted molar refractivity (Wildman–Crippen MR) is 117 cm³/mol. The highest BCUT2D eigenvalue weighted by atomic mass is 32.2. The van der Waals surface area contributed by atoms with Crippen LogP contribution in [0, 0.1) is 6.92 Å².